The van der Waals surface area contributed by atoms with Gasteiger partial charge in [-0.3, -0.25) is 10.1 Å². The van der Waals surface area contributed by atoms with Crippen molar-refractivity contribution < 1.29 is 4.92 Å². The van der Waals surface area contributed by atoms with Gasteiger partial charge in [0.2, 0.25) is 0 Å². The zero-order chi connectivity index (χ0) is 7.56. The second-order valence-electron chi connectivity index (χ2n) is 1.73. The molecule has 52 valence electrons. The first-order valence-corrected chi connectivity index (χ1v) is 3.01. The van der Waals surface area contributed by atoms with Crippen LogP contribution in [0.3, 0.4) is 0 Å². The van der Waals surface area contributed by atoms with Crippen molar-refractivity contribution in [3.8, 4) is 0 Å². The Labute approximate surface area is 62.4 Å². The van der Waals surface area contributed by atoms with Crippen LogP contribution in [-0.2, 0) is 0 Å². The SMILES string of the molecule is O=[N+]([O-])C1C=CC=NC1=S. The molecule has 1 heterocycles. The summed E-state index contributed by atoms with van der Waals surface area (Å²) in [7, 11) is 0. The van der Waals surface area contributed by atoms with E-state index in [0.717, 1.165) is 0 Å². The van der Waals surface area contributed by atoms with Gasteiger partial charge in [-0.05, 0) is 12.2 Å². The molecule has 0 spiro atoms. The lowest BCUT2D eigenvalue weighted by Crippen LogP contribution is -2.26. The number of hydrogen-bond donors (Lipinski definition) is 0. The van der Waals surface area contributed by atoms with Crippen molar-refractivity contribution in [3.05, 3.63) is 22.3 Å². The molecular weight excluding hydrogens is 152 g/mol. The summed E-state index contributed by atoms with van der Waals surface area (Å²) in [6.45, 7) is 0. The molecule has 0 amide bonds. The van der Waals surface area contributed by atoms with Crippen LogP contribution in [-0.4, -0.2) is 22.2 Å². The fraction of sp³-hybridized carbons (Fsp3) is 0.200. The van der Waals surface area contributed by atoms with Crippen molar-refractivity contribution in [2.24, 2.45) is 4.99 Å². The highest BCUT2D eigenvalue weighted by Gasteiger charge is 2.22. The Morgan fingerprint density at radius 2 is 2.50 bits per heavy atom. The molecule has 0 aromatic carbocycles. The summed E-state index contributed by atoms with van der Waals surface area (Å²) >= 11 is 4.61. The molecule has 0 fully saturated rings. The number of nitro groups is 1. The zero-order valence-corrected chi connectivity index (χ0v) is 5.75. The van der Waals surface area contributed by atoms with Crippen molar-refractivity contribution in [3.63, 3.8) is 0 Å². The molecular formula is C5H4N2O2S. The smallest absolute Gasteiger partial charge is 0.263 e. The molecule has 4 nitrogen and oxygen atoms in total. The molecule has 1 aliphatic heterocycles. The largest absolute Gasteiger partial charge is 0.283 e. The second-order valence-corrected chi connectivity index (χ2v) is 2.15. The van der Waals surface area contributed by atoms with Gasteiger partial charge in [0, 0.05) is 11.1 Å². The number of thiocarbonyl (C=S) groups is 1. The summed E-state index contributed by atoms with van der Waals surface area (Å²) in [5.41, 5.74) is 0. The molecule has 0 aliphatic carbocycles. The number of nitrogens with zero attached hydrogens (tertiary/aromatic N) is 2. The van der Waals surface area contributed by atoms with E-state index < -0.39 is 11.0 Å². The number of aliphatic imine (C=N–C) groups is 1. The molecule has 1 aliphatic rings. The Balaban J connectivity index is 2.80. The molecule has 0 radical (unpaired) electrons. The molecule has 0 aromatic heterocycles. The monoisotopic (exact) mass is 156 g/mol. The minimum Gasteiger partial charge on any atom is -0.263 e. The standard InChI is InChI=1S/C5H4N2O2S/c8-7(9)4-2-1-3-6-5(4)10/h1-4H. The van der Waals surface area contributed by atoms with Crippen LogP contribution < -0.4 is 0 Å². The first-order chi connectivity index (χ1) is 4.72. The van der Waals surface area contributed by atoms with Crippen molar-refractivity contribution in [2.75, 3.05) is 0 Å². The minimum absolute atomic E-state index is 0.118. The van der Waals surface area contributed by atoms with Gasteiger partial charge in [-0.15, -0.1) is 0 Å². The van der Waals surface area contributed by atoms with Crippen LogP contribution in [0.1, 0.15) is 0 Å². The number of allylic oxidation sites excluding steroid dienone is 1. The number of hydrogen-bond acceptors (Lipinski definition) is 3. The van der Waals surface area contributed by atoms with Crippen LogP contribution in [0.25, 0.3) is 0 Å². The van der Waals surface area contributed by atoms with Crippen LogP contribution in [0.2, 0.25) is 0 Å². The molecule has 5 heteroatoms. The Hall–Kier alpha value is -1.10. The maximum Gasteiger partial charge on any atom is 0.283 e. The summed E-state index contributed by atoms with van der Waals surface area (Å²) in [5.74, 6) is 0. The van der Waals surface area contributed by atoms with Gasteiger partial charge in [0.1, 0.15) is 0 Å². The van der Waals surface area contributed by atoms with Gasteiger partial charge in [0.05, 0.1) is 0 Å². The summed E-state index contributed by atoms with van der Waals surface area (Å²) in [5, 5.41) is 10.2. The fourth-order valence-electron chi connectivity index (χ4n) is 0.591. The van der Waals surface area contributed by atoms with E-state index in [2.05, 4.69) is 17.2 Å². The Morgan fingerprint density at radius 3 is 2.90 bits per heavy atom. The third-order valence-corrected chi connectivity index (χ3v) is 1.41. The van der Waals surface area contributed by atoms with Crippen LogP contribution in [0.5, 0.6) is 0 Å². The van der Waals surface area contributed by atoms with Gasteiger partial charge in [-0.1, -0.05) is 12.2 Å². The third-order valence-electron chi connectivity index (χ3n) is 1.06. The zero-order valence-electron chi connectivity index (χ0n) is 4.93. The highest BCUT2D eigenvalue weighted by molar-refractivity contribution is 7.80. The van der Waals surface area contributed by atoms with E-state index in [4.69, 9.17) is 0 Å². The quantitative estimate of drug-likeness (QED) is 0.317. The first-order valence-electron chi connectivity index (χ1n) is 2.60. The highest BCUT2D eigenvalue weighted by atomic mass is 32.1. The molecule has 10 heavy (non-hydrogen) atoms. The average Bonchev–Trinajstić information content (AvgIpc) is 1.88. The maximum atomic E-state index is 10.2. The minimum atomic E-state index is -0.903. The lowest BCUT2D eigenvalue weighted by atomic mass is 10.2. The summed E-state index contributed by atoms with van der Waals surface area (Å²) in [6.07, 6.45) is 4.38. The number of dihydropyridines is 1. The molecule has 0 bridgehead atoms. The highest BCUT2D eigenvalue weighted by Crippen LogP contribution is 2.01. The van der Waals surface area contributed by atoms with Crippen LogP contribution in [0, 0.1) is 10.1 Å². The molecule has 1 rings (SSSR count). The Bertz CT molecular complexity index is 234. The van der Waals surface area contributed by atoms with E-state index in [-0.39, 0.29) is 4.99 Å². The molecule has 0 aromatic rings. The fourth-order valence-corrected chi connectivity index (χ4v) is 0.816. The van der Waals surface area contributed by atoms with Crippen LogP contribution in [0.15, 0.2) is 17.1 Å². The Kier molecular flexibility index (Phi) is 1.86. The maximum absolute atomic E-state index is 10.2. The van der Waals surface area contributed by atoms with Crippen molar-refractivity contribution in [1.29, 1.82) is 0 Å². The molecule has 1 atom stereocenters. The van der Waals surface area contributed by atoms with Gasteiger partial charge in [-0.25, -0.2) is 4.99 Å². The molecule has 0 N–H and O–H groups in total. The number of rotatable bonds is 1. The average molecular weight is 156 g/mol. The van der Waals surface area contributed by atoms with Gasteiger partial charge in [0.25, 0.3) is 6.04 Å². The lowest BCUT2D eigenvalue weighted by Gasteiger charge is -2.03. The van der Waals surface area contributed by atoms with E-state index in [1.54, 1.807) is 0 Å². The topological polar surface area (TPSA) is 55.5 Å². The van der Waals surface area contributed by atoms with E-state index >= 15 is 0 Å². The predicted molar refractivity (Wildman–Crippen MR) is 41.0 cm³/mol. The summed E-state index contributed by atoms with van der Waals surface area (Å²) in [4.78, 5) is 13.4. The second kappa shape index (κ2) is 2.66. The van der Waals surface area contributed by atoms with Gasteiger partial charge in [-0.2, -0.15) is 0 Å². The van der Waals surface area contributed by atoms with Gasteiger partial charge >= 0.3 is 0 Å². The molecule has 0 saturated heterocycles. The lowest BCUT2D eigenvalue weighted by molar-refractivity contribution is -0.490. The van der Waals surface area contributed by atoms with E-state index in [1.165, 1.54) is 18.4 Å². The van der Waals surface area contributed by atoms with Gasteiger partial charge in [0.15, 0.2) is 4.99 Å². The normalized spacial score (nSPS) is 23.2. The van der Waals surface area contributed by atoms with E-state index in [9.17, 15) is 10.1 Å². The van der Waals surface area contributed by atoms with Crippen molar-refractivity contribution in [2.45, 2.75) is 6.04 Å². The Morgan fingerprint density at radius 1 is 1.80 bits per heavy atom. The molecule has 1 unspecified atom stereocenters. The molecule has 0 saturated carbocycles. The first kappa shape index (κ1) is 7.01. The van der Waals surface area contributed by atoms with Crippen molar-refractivity contribution in [1.82, 2.24) is 0 Å². The van der Waals surface area contributed by atoms with E-state index in [1.807, 2.05) is 0 Å². The van der Waals surface area contributed by atoms with Crippen LogP contribution in [0.4, 0.5) is 0 Å². The predicted octanol–water partition coefficient (Wildman–Crippen LogP) is 0.600. The summed E-state index contributed by atoms with van der Waals surface area (Å²) < 4.78 is 0. The van der Waals surface area contributed by atoms with Crippen LogP contribution >= 0.6 is 12.2 Å². The van der Waals surface area contributed by atoms with Gasteiger partial charge < -0.3 is 0 Å². The van der Waals surface area contributed by atoms with E-state index in [0.29, 0.717) is 0 Å². The third kappa shape index (κ3) is 1.24. The van der Waals surface area contributed by atoms with Crippen molar-refractivity contribution >= 4 is 23.4 Å². The summed E-state index contributed by atoms with van der Waals surface area (Å²) in [6, 6.07) is -0.903.